The van der Waals surface area contributed by atoms with Crippen LogP contribution < -0.4 is 14.4 Å². The van der Waals surface area contributed by atoms with Crippen LogP contribution >= 0.6 is 0 Å². The molecule has 2 aromatic carbocycles. The van der Waals surface area contributed by atoms with Gasteiger partial charge in [-0.15, -0.1) is 0 Å². The summed E-state index contributed by atoms with van der Waals surface area (Å²) in [5.74, 6) is 0.458. The quantitative estimate of drug-likeness (QED) is 0.473. The van der Waals surface area contributed by atoms with Crippen LogP contribution in [0.5, 0.6) is 11.5 Å². The molecule has 4 rings (SSSR count). The molecule has 2 saturated heterocycles. The smallest absolute Gasteiger partial charge is 0.327 e. The Morgan fingerprint density at radius 2 is 1.71 bits per heavy atom. The molecule has 9 heteroatoms. The average molecular weight is 524 g/mol. The third-order valence-electron chi connectivity index (χ3n) is 7.51. The molecule has 0 atom stereocenters. The number of hydrogen-bond donors (Lipinski definition) is 1. The molecule has 0 saturated carbocycles. The summed E-state index contributed by atoms with van der Waals surface area (Å²) in [5.41, 5.74) is 1.70. The van der Waals surface area contributed by atoms with Crippen LogP contribution in [0.1, 0.15) is 37.8 Å². The number of carbonyl (C=O) groups excluding carboxylic acids is 2. The van der Waals surface area contributed by atoms with Crippen LogP contribution in [0, 0.1) is 5.92 Å². The fraction of sp³-hybridized carbons (Fsp3) is 0.483. The molecule has 2 heterocycles. The normalized spacial score (nSPS) is 17.0. The summed E-state index contributed by atoms with van der Waals surface area (Å²) in [5, 5.41) is 9.30. The van der Waals surface area contributed by atoms with Crippen molar-refractivity contribution < 1.29 is 29.0 Å². The predicted molar refractivity (Wildman–Crippen MR) is 144 cm³/mol. The van der Waals surface area contributed by atoms with Crippen LogP contribution in [-0.4, -0.2) is 78.8 Å². The van der Waals surface area contributed by atoms with Gasteiger partial charge in [-0.2, -0.15) is 0 Å². The number of carboxylic acid groups (broad SMARTS) is 1. The molecule has 9 nitrogen and oxygen atoms in total. The maximum absolute atomic E-state index is 13.8. The SMILES string of the molecule is COc1ccc(CCN2C(=O)N(CC(C)C)C(=O)C23CCN(c2ccc(OC)c(CC(=O)O)c2)CC3)cc1. The molecule has 0 aliphatic carbocycles. The Morgan fingerprint density at radius 3 is 2.29 bits per heavy atom. The number of anilines is 1. The number of hydrogen-bond acceptors (Lipinski definition) is 6. The summed E-state index contributed by atoms with van der Waals surface area (Å²) in [4.78, 5) is 44.1. The van der Waals surface area contributed by atoms with E-state index in [-0.39, 0.29) is 24.3 Å². The Hall–Kier alpha value is -3.75. The van der Waals surface area contributed by atoms with E-state index in [4.69, 9.17) is 9.47 Å². The third-order valence-corrected chi connectivity index (χ3v) is 7.51. The molecule has 2 aliphatic rings. The van der Waals surface area contributed by atoms with E-state index in [1.165, 1.54) is 12.0 Å². The predicted octanol–water partition coefficient (Wildman–Crippen LogP) is 3.83. The van der Waals surface area contributed by atoms with Gasteiger partial charge in [-0.3, -0.25) is 14.5 Å². The van der Waals surface area contributed by atoms with E-state index in [9.17, 15) is 19.5 Å². The van der Waals surface area contributed by atoms with Gasteiger partial charge in [0.15, 0.2) is 0 Å². The number of aliphatic carboxylic acids is 1. The zero-order valence-electron chi connectivity index (χ0n) is 22.6. The first-order chi connectivity index (χ1) is 18.2. The Balaban J connectivity index is 1.55. The molecular formula is C29H37N3O6. The molecule has 0 aromatic heterocycles. The van der Waals surface area contributed by atoms with Gasteiger partial charge in [0.05, 0.1) is 20.6 Å². The fourth-order valence-corrected chi connectivity index (χ4v) is 5.53. The van der Waals surface area contributed by atoms with E-state index < -0.39 is 11.5 Å². The largest absolute Gasteiger partial charge is 0.497 e. The van der Waals surface area contributed by atoms with Gasteiger partial charge >= 0.3 is 12.0 Å². The van der Waals surface area contributed by atoms with Crippen LogP contribution in [0.25, 0.3) is 0 Å². The second-order valence-electron chi connectivity index (χ2n) is 10.4. The molecule has 2 fully saturated rings. The monoisotopic (exact) mass is 523 g/mol. The zero-order chi connectivity index (χ0) is 27.4. The number of urea groups is 1. The van der Waals surface area contributed by atoms with Gasteiger partial charge in [-0.1, -0.05) is 26.0 Å². The maximum Gasteiger partial charge on any atom is 0.327 e. The van der Waals surface area contributed by atoms with E-state index in [2.05, 4.69) is 4.90 Å². The van der Waals surface area contributed by atoms with Crippen LogP contribution in [-0.2, 0) is 22.4 Å². The van der Waals surface area contributed by atoms with E-state index in [1.54, 1.807) is 18.1 Å². The second-order valence-corrected chi connectivity index (χ2v) is 10.4. The highest BCUT2D eigenvalue weighted by Crippen LogP contribution is 2.39. The summed E-state index contributed by atoms with van der Waals surface area (Å²) in [6.07, 6.45) is 1.52. The molecule has 0 bridgehead atoms. The van der Waals surface area contributed by atoms with E-state index >= 15 is 0 Å². The lowest BCUT2D eigenvalue weighted by molar-refractivity contribution is -0.136. The molecule has 2 aromatic rings. The highest BCUT2D eigenvalue weighted by atomic mass is 16.5. The Labute approximate surface area is 223 Å². The van der Waals surface area contributed by atoms with Crippen molar-refractivity contribution in [3.05, 3.63) is 53.6 Å². The van der Waals surface area contributed by atoms with Gasteiger partial charge in [-0.25, -0.2) is 4.79 Å². The lowest BCUT2D eigenvalue weighted by Gasteiger charge is -2.43. The summed E-state index contributed by atoms with van der Waals surface area (Å²) in [6.45, 7) is 6.03. The Bertz CT molecular complexity index is 1170. The Morgan fingerprint density at radius 1 is 1.03 bits per heavy atom. The minimum Gasteiger partial charge on any atom is -0.497 e. The first-order valence-corrected chi connectivity index (χ1v) is 13.1. The lowest BCUT2D eigenvalue weighted by Crippen LogP contribution is -2.57. The van der Waals surface area contributed by atoms with Gasteiger partial charge in [0.2, 0.25) is 0 Å². The molecule has 1 N–H and O–H groups in total. The topological polar surface area (TPSA) is 99.6 Å². The number of benzene rings is 2. The molecule has 38 heavy (non-hydrogen) atoms. The van der Waals surface area contributed by atoms with Crippen molar-refractivity contribution in [1.29, 1.82) is 0 Å². The number of nitrogens with zero attached hydrogens (tertiary/aromatic N) is 3. The molecule has 1 spiro atoms. The maximum atomic E-state index is 13.8. The summed E-state index contributed by atoms with van der Waals surface area (Å²) < 4.78 is 10.6. The minimum atomic E-state index is -0.925. The lowest BCUT2D eigenvalue weighted by atomic mass is 9.85. The summed E-state index contributed by atoms with van der Waals surface area (Å²) in [6, 6.07) is 13.1. The number of ether oxygens (including phenoxy) is 2. The number of piperidine rings is 1. The van der Waals surface area contributed by atoms with Crippen molar-refractivity contribution in [1.82, 2.24) is 9.80 Å². The number of rotatable bonds is 10. The summed E-state index contributed by atoms with van der Waals surface area (Å²) >= 11 is 0. The van der Waals surface area contributed by atoms with Gasteiger partial charge < -0.3 is 24.4 Å². The van der Waals surface area contributed by atoms with Crippen LogP contribution in [0.3, 0.4) is 0 Å². The number of amides is 3. The van der Waals surface area contributed by atoms with Gasteiger partial charge in [0.1, 0.15) is 17.0 Å². The van der Waals surface area contributed by atoms with Crippen molar-refractivity contribution in [3.8, 4) is 11.5 Å². The van der Waals surface area contributed by atoms with Gasteiger partial charge in [-0.05, 0) is 61.1 Å². The van der Waals surface area contributed by atoms with Crippen molar-refractivity contribution in [3.63, 3.8) is 0 Å². The molecular weight excluding hydrogens is 486 g/mol. The van der Waals surface area contributed by atoms with Crippen LogP contribution in [0.2, 0.25) is 0 Å². The molecule has 0 radical (unpaired) electrons. The van der Waals surface area contributed by atoms with E-state index in [1.807, 2.05) is 50.2 Å². The zero-order valence-corrected chi connectivity index (χ0v) is 22.6. The highest BCUT2D eigenvalue weighted by molar-refractivity contribution is 6.07. The minimum absolute atomic E-state index is 0.105. The molecule has 3 amide bonds. The van der Waals surface area contributed by atoms with Crippen LogP contribution in [0.15, 0.2) is 42.5 Å². The van der Waals surface area contributed by atoms with E-state index in [0.29, 0.717) is 56.8 Å². The number of carboxylic acids is 1. The number of carbonyl (C=O) groups is 3. The van der Waals surface area contributed by atoms with Crippen molar-refractivity contribution >= 4 is 23.6 Å². The first-order valence-electron chi connectivity index (χ1n) is 13.1. The first kappa shape index (κ1) is 27.3. The van der Waals surface area contributed by atoms with Crippen molar-refractivity contribution in [2.75, 3.05) is 45.3 Å². The Kier molecular flexibility index (Phi) is 8.14. The number of methoxy groups -OCH3 is 2. The van der Waals surface area contributed by atoms with E-state index in [0.717, 1.165) is 17.0 Å². The standard InChI is InChI=1S/C29H37N3O6/c1-20(2)19-31-27(35)29(32(28(31)36)14-11-21-5-8-24(37-3)9-6-21)12-15-30(16-13-29)23-7-10-25(38-4)22(17-23)18-26(33)34/h5-10,17,20H,11-16,18-19H2,1-4H3,(H,33,34). The van der Waals surface area contributed by atoms with Gasteiger partial charge in [0.25, 0.3) is 5.91 Å². The van der Waals surface area contributed by atoms with Crippen molar-refractivity contribution in [2.24, 2.45) is 5.92 Å². The highest BCUT2D eigenvalue weighted by Gasteiger charge is 2.57. The molecule has 0 unspecified atom stereocenters. The second kappa shape index (κ2) is 11.3. The van der Waals surface area contributed by atoms with Crippen LogP contribution in [0.4, 0.5) is 10.5 Å². The molecule has 204 valence electrons. The van der Waals surface area contributed by atoms with Gasteiger partial charge in [0, 0.05) is 37.4 Å². The third kappa shape index (κ3) is 5.42. The van der Waals surface area contributed by atoms with Crippen molar-refractivity contribution in [2.45, 2.75) is 45.1 Å². The fourth-order valence-electron chi connectivity index (χ4n) is 5.53. The number of imide groups is 1. The molecule has 2 aliphatic heterocycles. The summed E-state index contributed by atoms with van der Waals surface area (Å²) in [7, 11) is 3.15. The average Bonchev–Trinajstić information content (AvgIpc) is 3.08.